The van der Waals surface area contributed by atoms with Crippen molar-refractivity contribution < 1.29 is 39.1 Å². The van der Waals surface area contributed by atoms with Crippen molar-refractivity contribution in [3.63, 3.8) is 0 Å². The van der Waals surface area contributed by atoms with Gasteiger partial charge in [-0.3, -0.25) is 4.79 Å². The van der Waals surface area contributed by atoms with E-state index in [9.17, 15) is 24.5 Å². The fourth-order valence-corrected chi connectivity index (χ4v) is 3.94. The van der Waals surface area contributed by atoms with Crippen molar-refractivity contribution in [2.45, 2.75) is 25.9 Å². The van der Waals surface area contributed by atoms with E-state index in [4.69, 9.17) is 14.6 Å². The van der Waals surface area contributed by atoms with Crippen molar-refractivity contribution in [2.75, 3.05) is 26.9 Å². The summed E-state index contributed by atoms with van der Waals surface area (Å²) < 4.78 is 25.3. The van der Waals surface area contributed by atoms with Gasteiger partial charge in [-0.05, 0) is 59.9 Å². The minimum Gasteiger partial charge on any atom is -0.508 e. The summed E-state index contributed by atoms with van der Waals surface area (Å²) in [5, 5.41) is 39.4. The Balaban J connectivity index is 2.02. The Morgan fingerprint density at radius 3 is 2.51 bits per heavy atom. The zero-order valence-electron chi connectivity index (χ0n) is 19.6. The molecule has 186 valence electrons. The largest absolute Gasteiger partial charge is 0.508 e. The van der Waals surface area contributed by atoms with Crippen molar-refractivity contribution in [1.82, 2.24) is 0 Å². The molecule has 0 aromatic heterocycles. The summed E-state index contributed by atoms with van der Waals surface area (Å²) in [5.41, 5.74) is 1.76. The lowest BCUT2D eigenvalue weighted by molar-refractivity contribution is 0.00716. The number of ether oxygens (including phenoxy) is 2. The summed E-state index contributed by atoms with van der Waals surface area (Å²) in [6.07, 6.45) is -0.484. The number of ketones is 1. The van der Waals surface area contributed by atoms with Crippen molar-refractivity contribution in [3.8, 4) is 28.4 Å². The Bertz CT molecular complexity index is 1190. The number of benzene rings is 3. The van der Waals surface area contributed by atoms with Crippen LogP contribution in [0.1, 0.15) is 34.0 Å². The van der Waals surface area contributed by atoms with Gasteiger partial charge in [-0.2, -0.15) is 0 Å². The van der Waals surface area contributed by atoms with Crippen LogP contribution in [0.25, 0.3) is 11.1 Å². The maximum atomic E-state index is 14.7. The van der Waals surface area contributed by atoms with Crippen LogP contribution >= 0.6 is 0 Å². The first-order valence-electron chi connectivity index (χ1n) is 11.2. The van der Waals surface area contributed by atoms with E-state index in [0.717, 1.165) is 6.07 Å². The van der Waals surface area contributed by atoms with E-state index in [1.165, 1.54) is 25.3 Å². The minimum absolute atomic E-state index is 0.00541. The van der Waals surface area contributed by atoms with Gasteiger partial charge < -0.3 is 29.9 Å². The average molecular weight is 485 g/mol. The van der Waals surface area contributed by atoms with Gasteiger partial charge in [0.15, 0.2) is 5.78 Å². The fourth-order valence-electron chi connectivity index (χ4n) is 3.94. The molecule has 1 unspecified atom stereocenters. The maximum absolute atomic E-state index is 14.7. The predicted molar refractivity (Wildman–Crippen MR) is 129 cm³/mol. The molecule has 0 saturated carbocycles. The number of methoxy groups -OCH3 is 1. The zero-order chi connectivity index (χ0) is 25.5. The van der Waals surface area contributed by atoms with E-state index in [1.807, 2.05) is 0 Å². The van der Waals surface area contributed by atoms with E-state index in [2.05, 4.69) is 0 Å². The molecule has 0 aliphatic heterocycles. The van der Waals surface area contributed by atoms with Gasteiger partial charge in [-0.15, -0.1) is 0 Å². The van der Waals surface area contributed by atoms with Gasteiger partial charge >= 0.3 is 0 Å². The highest BCUT2D eigenvalue weighted by Crippen LogP contribution is 2.36. The number of hydrogen-bond acceptors (Lipinski definition) is 7. The van der Waals surface area contributed by atoms with Gasteiger partial charge in [0.1, 0.15) is 29.2 Å². The van der Waals surface area contributed by atoms with Gasteiger partial charge in [0, 0.05) is 17.2 Å². The lowest BCUT2D eigenvalue weighted by Gasteiger charge is -2.18. The molecule has 0 saturated heterocycles. The molecule has 0 bridgehead atoms. The zero-order valence-corrected chi connectivity index (χ0v) is 19.6. The number of carbonyl (C=O) groups excluding carboxylic acids is 1. The first kappa shape index (κ1) is 26.2. The first-order valence-corrected chi connectivity index (χ1v) is 11.2. The number of rotatable bonds is 11. The highest BCUT2D eigenvalue weighted by molar-refractivity contribution is 6.12. The van der Waals surface area contributed by atoms with Crippen LogP contribution in [0.2, 0.25) is 0 Å². The number of phenolic OH excluding ortho intramolecular Hbond substituents is 2. The molecule has 0 aliphatic carbocycles. The summed E-state index contributed by atoms with van der Waals surface area (Å²) in [4.78, 5) is 13.6. The monoisotopic (exact) mass is 484 g/mol. The van der Waals surface area contributed by atoms with Crippen molar-refractivity contribution >= 4 is 5.78 Å². The van der Waals surface area contributed by atoms with Gasteiger partial charge in [0.25, 0.3) is 0 Å². The molecule has 8 heteroatoms. The molecule has 1 atom stereocenters. The van der Waals surface area contributed by atoms with Crippen molar-refractivity contribution in [3.05, 3.63) is 76.6 Å². The molecule has 0 aliphatic rings. The van der Waals surface area contributed by atoms with Crippen LogP contribution in [-0.2, 0) is 17.6 Å². The topological polar surface area (TPSA) is 116 Å². The van der Waals surface area contributed by atoms with E-state index in [1.54, 1.807) is 31.2 Å². The average Bonchev–Trinajstić information content (AvgIpc) is 2.86. The highest BCUT2D eigenvalue weighted by Gasteiger charge is 2.24. The summed E-state index contributed by atoms with van der Waals surface area (Å²) in [6.45, 7) is 1.33. The molecule has 3 aromatic rings. The predicted octanol–water partition coefficient (Wildman–Crippen LogP) is 3.62. The van der Waals surface area contributed by atoms with Gasteiger partial charge in [-0.25, -0.2) is 4.39 Å². The molecule has 0 spiro atoms. The normalized spacial score (nSPS) is 11.9. The Labute approximate surface area is 203 Å². The fraction of sp³-hybridized carbons (Fsp3) is 0.296. The second-order valence-electron chi connectivity index (χ2n) is 8.02. The number of carbonyl (C=O) groups is 1. The maximum Gasteiger partial charge on any atom is 0.197 e. The number of phenols is 2. The quantitative estimate of drug-likeness (QED) is 0.243. The van der Waals surface area contributed by atoms with Crippen LogP contribution in [0.3, 0.4) is 0 Å². The summed E-state index contributed by atoms with van der Waals surface area (Å²) in [7, 11) is 1.50. The minimum atomic E-state index is -1.03. The second kappa shape index (κ2) is 11.8. The lowest BCUT2D eigenvalue weighted by atomic mass is 9.89. The smallest absolute Gasteiger partial charge is 0.197 e. The van der Waals surface area contributed by atoms with Crippen LogP contribution in [0.15, 0.2) is 48.5 Å². The van der Waals surface area contributed by atoms with E-state index in [0.29, 0.717) is 28.9 Å². The highest BCUT2D eigenvalue weighted by atomic mass is 19.1. The Morgan fingerprint density at radius 2 is 1.83 bits per heavy atom. The first-order chi connectivity index (χ1) is 16.8. The van der Waals surface area contributed by atoms with Gasteiger partial charge in [0.05, 0.1) is 32.5 Å². The third-order valence-electron chi connectivity index (χ3n) is 5.71. The summed E-state index contributed by atoms with van der Waals surface area (Å²) in [6, 6.07) is 11.9. The van der Waals surface area contributed by atoms with Crippen molar-refractivity contribution in [2.24, 2.45) is 0 Å². The molecule has 7 nitrogen and oxygen atoms in total. The Kier molecular flexibility index (Phi) is 8.81. The Hall–Kier alpha value is -3.46. The van der Waals surface area contributed by atoms with Gasteiger partial charge in [0.2, 0.25) is 0 Å². The molecule has 0 radical (unpaired) electrons. The molecule has 4 N–H and O–H groups in total. The van der Waals surface area contributed by atoms with E-state index in [-0.39, 0.29) is 42.1 Å². The number of halogens is 1. The third-order valence-corrected chi connectivity index (χ3v) is 5.71. The number of hydrogen-bond donors (Lipinski definition) is 4. The number of aromatic hydroxyl groups is 2. The number of aliphatic hydroxyl groups is 2. The summed E-state index contributed by atoms with van der Waals surface area (Å²) in [5.74, 6) is -1.07. The van der Waals surface area contributed by atoms with Crippen LogP contribution in [-0.4, -0.2) is 59.2 Å². The molecule has 0 amide bonds. The van der Waals surface area contributed by atoms with Crippen LogP contribution in [0, 0.1) is 5.82 Å². The van der Waals surface area contributed by atoms with E-state index >= 15 is 0 Å². The molecule has 0 fully saturated rings. The molecule has 0 heterocycles. The summed E-state index contributed by atoms with van der Waals surface area (Å²) >= 11 is 0. The molecule has 3 rings (SSSR count). The standard InChI is InChI=1S/C27H29FO7/c1-3-20-21(9-10-35-15-18(30)14-29)26(25(32)13-24(20)31)27(33)17-7-8-23(28)22(12-17)16-5-4-6-19(11-16)34-2/h4-8,11-13,18,29-32H,3,9-10,14-15H2,1-2H3. The third kappa shape index (κ3) is 5.97. The van der Waals surface area contributed by atoms with Crippen LogP contribution in [0.4, 0.5) is 4.39 Å². The lowest BCUT2D eigenvalue weighted by Crippen LogP contribution is -2.20. The second-order valence-corrected chi connectivity index (χ2v) is 8.02. The van der Waals surface area contributed by atoms with Gasteiger partial charge in [-0.1, -0.05) is 19.1 Å². The SMILES string of the molecule is CCc1c(O)cc(O)c(C(=O)c2ccc(F)c(-c3cccc(OC)c3)c2)c1CCOCC(O)CO. The number of aliphatic hydroxyl groups excluding tert-OH is 2. The molecular formula is C27H29FO7. The van der Waals surface area contributed by atoms with E-state index < -0.39 is 30.1 Å². The molecule has 3 aromatic carbocycles. The van der Waals surface area contributed by atoms with Crippen molar-refractivity contribution in [1.29, 1.82) is 0 Å². The molecule has 35 heavy (non-hydrogen) atoms. The molecular weight excluding hydrogens is 455 g/mol. The van der Waals surface area contributed by atoms with Crippen LogP contribution < -0.4 is 4.74 Å². The Morgan fingerprint density at radius 1 is 1.06 bits per heavy atom. The van der Waals surface area contributed by atoms with Crippen LogP contribution in [0.5, 0.6) is 17.2 Å².